The Balaban J connectivity index is 1.86. The zero-order valence-corrected chi connectivity index (χ0v) is 11.2. The van der Waals surface area contributed by atoms with Crippen molar-refractivity contribution in [1.82, 2.24) is 10.2 Å². The number of halogens is 1. The topological polar surface area (TPSA) is 98.9 Å². The Hall–Kier alpha value is -2.51. The Morgan fingerprint density at radius 1 is 1.43 bits per heavy atom. The molecule has 3 rings (SSSR count). The standard InChI is InChI=1S/C13H15FN4O3/c14-9-4-11(10(15)3-8(9)12(19)20)17-1-2-18-7(6-17)5-16-13(18)21/h3-4,7H,1-2,5-6,15H2,(H,16,21)(H,19,20). The molecule has 0 bridgehead atoms. The van der Waals surface area contributed by atoms with Crippen molar-refractivity contribution in [2.75, 3.05) is 36.8 Å². The maximum Gasteiger partial charge on any atom is 0.338 e. The molecule has 1 atom stereocenters. The molecule has 0 aromatic heterocycles. The van der Waals surface area contributed by atoms with Crippen molar-refractivity contribution in [3.63, 3.8) is 0 Å². The van der Waals surface area contributed by atoms with Crippen LogP contribution in [-0.4, -0.2) is 54.2 Å². The quantitative estimate of drug-likeness (QED) is 0.682. The van der Waals surface area contributed by atoms with E-state index in [9.17, 15) is 14.0 Å². The number of amides is 2. The number of fused-ring (bicyclic) bond motifs is 1. The molecule has 7 nitrogen and oxygen atoms in total. The van der Waals surface area contributed by atoms with Gasteiger partial charge < -0.3 is 26.0 Å². The summed E-state index contributed by atoms with van der Waals surface area (Å²) in [5, 5.41) is 11.6. The van der Waals surface area contributed by atoms with Crippen molar-refractivity contribution >= 4 is 23.4 Å². The summed E-state index contributed by atoms with van der Waals surface area (Å²) in [6.07, 6.45) is 0. The predicted molar refractivity (Wildman–Crippen MR) is 73.9 cm³/mol. The molecule has 1 aromatic carbocycles. The van der Waals surface area contributed by atoms with Gasteiger partial charge in [-0.1, -0.05) is 0 Å². The number of hydrogen-bond donors (Lipinski definition) is 3. The second-order valence-corrected chi connectivity index (χ2v) is 5.18. The van der Waals surface area contributed by atoms with E-state index >= 15 is 0 Å². The number of nitrogens with two attached hydrogens (primary N) is 1. The van der Waals surface area contributed by atoms with Crippen molar-refractivity contribution in [3.8, 4) is 0 Å². The molecule has 2 saturated heterocycles. The van der Waals surface area contributed by atoms with Crippen LogP contribution in [0.2, 0.25) is 0 Å². The number of urea groups is 1. The summed E-state index contributed by atoms with van der Waals surface area (Å²) < 4.78 is 13.8. The van der Waals surface area contributed by atoms with Gasteiger partial charge in [0.05, 0.1) is 23.0 Å². The highest BCUT2D eigenvalue weighted by atomic mass is 19.1. The number of anilines is 2. The molecule has 8 heteroatoms. The zero-order chi connectivity index (χ0) is 15.1. The summed E-state index contributed by atoms with van der Waals surface area (Å²) in [4.78, 5) is 26.0. The van der Waals surface area contributed by atoms with Crippen LogP contribution in [0.3, 0.4) is 0 Å². The van der Waals surface area contributed by atoms with E-state index in [0.717, 1.165) is 12.1 Å². The van der Waals surface area contributed by atoms with Crippen molar-refractivity contribution in [3.05, 3.63) is 23.5 Å². The Morgan fingerprint density at radius 3 is 2.90 bits per heavy atom. The minimum absolute atomic E-state index is 0.0212. The minimum atomic E-state index is -1.35. The van der Waals surface area contributed by atoms with E-state index in [4.69, 9.17) is 10.8 Å². The molecule has 1 aromatic rings. The first kappa shape index (κ1) is 13.5. The smallest absolute Gasteiger partial charge is 0.338 e. The Bertz CT molecular complexity index is 622. The van der Waals surface area contributed by atoms with Gasteiger partial charge in [-0.2, -0.15) is 0 Å². The summed E-state index contributed by atoms with van der Waals surface area (Å²) in [6, 6.07) is 2.23. The van der Waals surface area contributed by atoms with Crippen molar-refractivity contribution < 1.29 is 19.1 Å². The maximum atomic E-state index is 13.8. The third-order valence-electron chi connectivity index (χ3n) is 3.92. The molecule has 2 amide bonds. The van der Waals surface area contributed by atoms with E-state index in [1.165, 1.54) is 0 Å². The molecule has 2 fully saturated rings. The number of nitrogens with zero attached hydrogens (tertiary/aromatic N) is 2. The summed E-state index contributed by atoms with van der Waals surface area (Å²) in [7, 11) is 0. The largest absolute Gasteiger partial charge is 0.478 e. The molecule has 0 spiro atoms. The SMILES string of the molecule is Nc1cc(C(=O)O)c(F)cc1N1CCN2C(=O)NCC2C1. The summed E-state index contributed by atoms with van der Waals surface area (Å²) in [6.45, 7) is 2.14. The molecular formula is C13H15FN4O3. The highest BCUT2D eigenvalue weighted by Gasteiger charge is 2.36. The lowest BCUT2D eigenvalue weighted by Crippen LogP contribution is -2.52. The van der Waals surface area contributed by atoms with Crippen molar-refractivity contribution in [2.45, 2.75) is 6.04 Å². The number of hydrogen-bond acceptors (Lipinski definition) is 4. The molecule has 2 aliphatic heterocycles. The van der Waals surface area contributed by atoms with Gasteiger partial charge in [-0.25, -0.2) is 14.0 Å². The number of rotatable bonds is 2. The maximum absolute atomic E-state index is 13.8. The van der Waals surface area contributed by atoms with Gasteiger partial charge in [0, 0.05) is 32.2 Å². The van der Waals surface area contributed by atoms with Gasteiger partial charge >= 0.3 is 12.0 Å². The van der Waals surface area contributed by atoms with E-state index in [2.05, 4.69) is 5.32 Å². The van der Waals surface area contributed by atoms with Crippen molar-refractivity contribution in [1.29, 1.82) is 0 Å². The van der Waals surface area contributed by atoms with Gasteiger partial charge in [0.15, 0.2) is 0 Å². The summed E-state index contributed by atoms with van der Waals surface area (Å²) in [5.41, 5.74) is 6.11. The highest BCUT2D eigenvalue weighted by Crippen LogP contribution is 2.29. The van der Waals surface area contributed by atoms with Crippen LogP contribution in [0.25, 0.3) is 0 Å². The average Bonchev–Trinajstić information content (AvgIpc) is 2.81. The molecule has 0 aliphatic carbocycles. The van der Waals surface area contributed by atoms with Crippen LogP contribution < -0.4 is 16.0 Å². The van der Waals surface area contributed by atoms with E-state index in [-0.39, 0.29) is 17.8 Å². The van der Waals surface area contributed by atoms with Crippen molar-refractivity contribution in [2.24, 2.45) is 0 Å². The second-order valence-electron chi connectivity index (χ2n) is 5.18. The number of carboxylic acids is 1. The third-order valence-corrected chi connectivity index (χ3v) is 3.92. The van der Waals surface area contributed by atoms with Crippen LogP contribution in [-0.2, 0) is 0 Å². The lowest BCUT2D eigenvalue weighted by atomic mass is 10.1. The number of aromatic carboxylic acids is 1. The highest BCUT2D eigenvalue weighted by molar-refractivity contribution is 5.91. The lowest BCUT2D eigenvalue weighted by Gasteiger charge is -2.38. The van der Waals surface area contributed by atoms with Crippen LogP contribution >= 0.6 is 0 Å². The fourth-order valence-corrected chi connectivity index (χ4v) is 2.84. The first-order valence-corrected chi connectivity index (χ1v) is 6.59. The van der Waals surface area contributed by atoms with Gasteiger partial charge in [0.2, 0.25) is 0 Å². The summed E-state index contributed by atoms with van der Waals surface area (Å²) >= 11 is 0. The molecule has 21 heavy (non-hydrogen) atoms. The molecular weight excluding hydrogens is 279 g/mol. The number of nitrogens with one attached hydrogen (secondary N) is 1. The van der Waals surface area contributed by atoms with Gasteiger partial charge in [-0.3, -0.25) is 0 Å². The second kappa shape index (κ2) is 4.80. The van der Waals surface area contributed by atoms with Gasteiger partial charge in [-0.05, 0) is 6.07 Å². The van der Waals surface area contributed by atoms with Gasteiger partial charge in [0.1, 0.15) is 5.82 Å². The third kappa shape index (κ3) is 2.22. The molecule has 0 saturated carbocycles. The molecule has 2 aliphatic rings. The molecule has 112 valence electrons. The minimum Gasteiger partial charge on any atom is -0.478 e. The lowest BCUT2D eigenvalue weighted by molar-refractivity contribution is 0.0692. The van der Waals surface area contributed by atoms with E-state index < -0.39 is 17.3 Å². The Kier molecular flexibility index (Phi) is 3.08. The van der Waals surface area contributed by atoms with Crippen LogP contribution in [0.15, 0.2) is 12.1 Å². The Labute approximate surface area is 120 Å². The number of carbonyl (C=O) groups is 2. The first-order chi connectivity index (χ1) is 9.97. The number of carbonyl (C=O) groups excluding carboxylic acids is 1. The fraction of sp³-hybridized carbons (Fsp3) is 0.385. The number of nitrogen functional groups attached to an aromatic ring is 1. The summed E-state index contributed by atoms with van der Waals surface area (Å²) in [5.74, 6) is -2.16. The molecule has 0 radical (unpaired) electrons. The van der Waals surface area contributed by atoms with Gasteiger partial charge in [0.25, 0.3) is 0 Å². The number of benzene rings is 1. The van der Waals surface area contributed by atoms with Gasteiger partial charge in [-0.15, -0.1) is 0 Å². The number of carboxylic acid groups (broad SMARTS) is 1. The fourth-order valence-electron chi connectivity index (χ4n) is 2.84. The molecule has 4 N–H and O–H groups in total. The first-order valence-electron chi connectivity index (χ1n) is 6.59. The Morgan fingerprint density at radius 2 is 2.19 bits per heavy atom. The zero-order valence-electron chi connectivity index (χ0n) is 11.2. The average molecular weight is 294 g/mol. The van der Waals surface area contributed by atoms with E-state index in [0.29, 0.717) is 31.9 Å². The normalized spacial score (nSPS) is 21.2. The number of piperazine rings is 1. The van der Waals surface area contributed by atoms with Crippen LogP contribution in [0.4, 0.5) is 20.6 Å². The van der Waals surface area contributed by atoms with E-state index in [1.807, 2.05) is 4.90 Å². The van der Waals surface area contributed by atoms with Crippen LogP contribution in [0.5, 0.6) is 0 Å². The predicted octanol–water partition coefficient (Wildman–Crippen LogP) is 0.320. The van der Waals surface area contributed by atoms with Crippen LogP contribution in [0, 0.1) is 5.82 Å². The molecule has 1 unspecified atom stereocenters. The van der Waals surface area contributed by atoms with Crippen LogP contribution in [0.1, 0.15) is 10.4 Å². The van der Waals surface area contributed by atoms with E-state index in [1.54, 1.807) is 4.90 Å². The monoisotopic (exact) mass is 294 g/mol. The molecule has 2 heterocycles.